The van der Waals surface area contributed by atoms with Crippen LogP contribution in [0.5, 0.6) is 0 Å². The summed E-state index contributed by atoms with van der Waals surface area (Å²) in [4.78, 5) is 23.6. The molecule has 3 fully saturated rings. The third-order valence-electron chi connectivity index (χ3n) is 5.01. The lowest BCUT2D eigenvalue weighted by molar-refractivity contribution is -0.452. The Kier molecular flexibility index (Phi) is 4.49. The molecule has 3 rings (SSSR count). The average Bonchev–Trinajstić information content (AvgIpc) is 3.03. The van der Waals surface area contributed by atoms with Crippen LogP contribution in [-0.4, -0.2) is 42.8 Å². The molecule has 1 spiro atoms. The van der Waals surface area contributed by atoms with E-state index in [2.05, 4.69) is 6.92 Å². The second-order valence-corrected chi connectivity index (χ2v) is 6.21. The van der Waals surface area contributed by atoms with Crippen LogP contribution in [-0.2, 0) is 23.9 Å². The molecule has 0 bridgehead atoms. The predicted molar refractivity (Wildman–Crippen MR) is 73.8 cm³/mol. The van der Waals surface area contributed by atoms with Crippen molar-refractivity contribution in [2.75, 3.05) is 13.7 Å². The van der Waals surface area contributed by atoms with Gasteiger partial charge in [-0.25, -0.2) is 9.63 Å². The van der Waals surface area contributed by atoms with Crippen LogP contribution < -0.4 is 0 Å². The smallest absolute Gasteiger partial charge is 0.337 e. The molecule has 0 aromatic heterocycles. The monoisotopic (exact) mass is 299 g/mol. The van der Waals surface area contributed by atoms with Gasteiger partial charge in [0.15, 0.2) is 12.4 Å². The van der Waals surface area contributed by atoms with Gasteiger partial charge in [-0.1, -0.05) is 25.0 Å². The number of hydrogen-bond acceptors (Lipinski definition) is 6. The minimum absolute atomic E-state index is 0.163. The maximum absolute atomic E-state index is 11.9. The highest BCUT2D eigenvalue weighted by Gasteiger charge is 2.63. The van der Waals surface area contributed by atoms with Crippen molar-refractivity contribution >= 4 is 5.97 Å². The van der Waals surface area contributed by atoms with Gasteiger partial charge in [0.2, 0.25) is 0 Å². The molecular weight excluding hydrogens is 274 g/mol. The normalized spacial score (nSPS) is 39.0. The summed E-state index contributed by atoms with van der Waals surface area (Å²) in [5.74, 6) is -0.135. The molecule has 6 nitrogen and oxygen atoms in total. The van der Waals surface area contributed by atoms with Crippen LogP contribution in [0.1, 0.15) is 51.9 Å². The van der Waals surface area contributed by atoms with Gasteiger partial charge < -0.3 is 9.47 Å². The number of hydrogen-bond donors (Lipinski definition) is 0. The largest absolute Gasteiger partial charge is 0.467 e. The minimum atomic E-state index is -0.535. The lowest BCUT2D eigenvalue weighted by atomic mass is 9.80. The standard InChI is InChI=1S/C15H25NO5/c1-3-4-10-19-12-7-9-15-8-5-6-11(15)13(14(17)18-2)21-16(15)20-12/h11-13H,3-10H2,1-2H3/t11-,12+,13-,15+/m1/s1. The van der Waals surface area contributed by atoms with Crippen LogP contribution >= 0.6 is 0 Å². The highest BCUT2D eigenvalue weighted by molar-refractivity contribution is 5.75. The van der Waals surface area contributed by atoms with Crippen molar-refractivity contribution in [2.24, 2.45) is 5.92 Å². The van der Waals surface area contributed by atoms with Crippen molar-refractivity contribution in [3.63, 3.8) is 0 Å². The number of ether oxygens (including phenoxy) is 2. The van der Waals surface area contributed by atoms with Gasteiger partial charge in [-0.05, 0) is 25.7 Å². The SMILES string of the molecule is CCCCO[C@@H]1CC[C@@]23CCC[C@@H]2[C@H](C(=O)OC)ON3O1. The topological polar surface area (TPSA) is 57.2 Å². The number of esters is 1. The molecule has 4 atom stereocenters. The van der Waals surface area contributed by atoms with Crippen molar-refractivity contribution in [3.05, 3.63) is 0 Å². The van der Waals surface area contributed by atoms with Gasteiger partial charge in [0.05, 0.1) is 12.6 Å². The Labute approximate surface area is 125 Å². The number of methoxy groups -OCH3 is 1. The summed E-state index contributed by atoms with van der Waals surface area (Å²) in [6, 6.07) is 0. The summed E-state index contributed by atoms with van der Waals surface area (Å²) >= 11 is 0. The van der Waals surface area contributed by atoms with Gasteiger partial charge in [-0.3, -0.25) is 4.84 Å². The summed E-state index contributed by atoms with van der Waals surface area (Å²) in [5.41, 5.74) is -0.163. The van der Waals surface area contributed by atoms with Crippen LogP contribution in [0.25, 0.3) is 0 Å². The predicted octanol–water partition coefficient (Wildman–Crippen LogP) is 2.18. The Balaban J connectivity index is 1.67. The summed E-state index contributed by atoms with van der Waals surface area (Å²) in [6.45, 7) is 2.83. The van der Waals surface area contributed by atoms with Crippen molar-refractivity contribution in [2.45, 2.75) is 69.8 Å². The average molecular weight is 299 g/mol. The maximum Gasteiger partial charge on any atom is 0.337 e. The van der Waals surface area contributed by atoms with E-state index in [4.69, 9.17) is 19.1 Å². The van der Waals surface area contributed by atoms with E-state index >= 15 is 0 Å². The van der Waals surface area contributed by atoms with Crippen molar-refractivity contribution in [1.29, 1.82) is 0 Å². The van der Waals surface area contributed by atoms with Crippen LogP contribution in [0.3, 0.4) is 0 Å². The Morgan fingerprint density at radius 1 is 1.33 bits per heavy atom. The third-order valence-corrected chi connectivity index (χ3v) is 5.01. The highest BCUT2D eigenvalue weighted by Crippen LogP contribution is 2.53. The van der Waals surface area contributed by atoms with E-state index in [1.807, 2.05) is 0 Å². The van der Waals surface area contributed by atoms with Crippen molar-refractivity contribution in [1.82, 2.24) is 5.23 Å². The molecule has 1 saturated carbocycles. The minimum Gasteiger partial charge on any atom is -0.467 e. The maximum atomic E-state index is 11.9. The first kappa shape index (κ1) is 15.2. The van der Waals surface area contributed by atoms with Gasteiger partial charge >= 0.3 is 5.97 Å². The molecular formula is C15H25NO5. The van der Waals surface area contributed by atoms with Crippen molar-refractivity contribution in [3.8, 4) is 0 Å². The van der Waals surface area contributed by atoms with Gasteiger partial charge in [0.1, 0.15) is 0 Å². The van der Waals surface area contributed by atoms with Gasteiger partial charge in [0, 0.05) is 18.9 Å². The molecule has 1 aliphatic carbocycles. The van der Waals surface area contributed by atoms with E-state index in [1.165, 1.54) is 7.11 Å². The zero-order valence-corrected chi connectivity index (χ0v) is 12.9. The Bertz CT molecular complexity index is 390. The van der Waals surface area contributed by atoms with E-state index in [0.29, 0.717) is 6.61 Å². The van der Waals surface area contributed by atoms with Crippen LogP contribution in [0.15, 0.2) is 0 Å². The molecule has 0 N–H and O–H groups in total. The number of hydroxylamine groups is 2. The first-order chi connectivity index (χ1) is 10.2. The van der Waals surface area contributed by atoms with E-state index in [0.717, 1.165) is 44.9 Å². The van der Waals surface area contributed by atoms with Gasteiger partial charge in [-0.15, -0.1) is 0 Å². The number of carbonyl (C=O) groups is 1. The molecule has 3 aliphatic rings. The fraction of sp³-hybridized carbons (Fsp3) is 0.933. The number of unbranched alkanes of at least 4 members (excludes halogenated alkanes) is 1. The van der Waals surface area contributed by atoms with Crippen molar-refractivity contribution < 1.29 is 23.9 Å². The van der Waals surface area contributed by atoms with E-state index in [9.17, 15) is 4.79 Å². The molecule has 0 aromatic carbocycles. The fourth-order valence-corrected chi connectivity index (χ4v) is 3.88. The van der Waals surface area contributed by atoms with Gasteiger partial charge in [0.25, 0.3) is 0 Å². The first-order valence-corrected chi connectivity index (χ1v) is 8.04. The molecule has 2 heterocycles. The Morgan fingerprint density at radius 3 is 2.95 bits per heavy atom. The van der Waals surface area contributed by atoms with E-state index in [1.54, 1.807) is 5.23 Å². The van der Waals surface area contributed by atoms with E-state index in [-0.39, 0.29) is 23.7 Å². The van der Waals surface area contributed by atoms with Crippen LogP contribution in [0.4, 0.5) is 0 Å². The van der Waals surface area contributed by atoms with Crippen LogP contribution in [0.2, 0.25) is 0 Å². The molecule has 0 radical (unpaired) electrons. The fourth-order valence-electron chi connectivity index (χ4n) is 3.88. The number of nitrogens with zero attached hydrogens (tertiary/aromatic N) is 1. The molecule has 120 valence electrons. The molecule has 2 aliphatic heterocycles. The first-order valence-electron chi connectivity index (χ1n) is 8.04. The number of rotatable bonds is 5. The molecule has 6 heteroatoms. The zero-order valence-electron chi connectivity index (χ0n) is 12.9. The summed E-state index contributed by atoms with van der Waals surface area (Å²) in [6.07, 6.45) is 6.22. The third kappa shape index (κ3) is 2.59. The second-order valence-electron chi connectivity index (χ2n) is 6.21. The molecule has 0 amide bonds. The summed E-state index contributed by atoms with van der Waals surface area (Å²) in [7, 11) is 1.40. The quantitative estimate of drug-likeness (QED) is 0.573. The summed E-state index contributed by atoms with van der Waals surface area (Å²) in [5, 5.41) is 1.58. The number of carbonyl (C=O) groups excluding carboxylic acids is 1. The van der Waals surface area contributed by atoms with Crippen LogP contribution in [0, 0.1) is 5.92 Å². The molecule has 0 aromatic rings. The second kappa shape index (κ2) is 6.20. The van der Waals surface area contributed by atoms with E-state index < -0.39 is 6.10 Å². The lowest BCUT2D eigenvalue weighted by Crippen LogP contribution is -2.51. The summed E-state index contributed by atoms with van der Waals surface area (Å²) < 4.78 is 10.6. The molecule has 2 saturated heterocycles. The zero-order chi connectivity index (χ0) is 14.9. The highest BCUT2D eigenvalue weighted by atomic mass is 17.0. The lowest BCUT2D eigenvalue weighted by Gasteiger charge is -2.41. The Morgan fingerprint density at radius 2 is 2.19 bits per heavy atom. The van der Waals surface area contributed by atoms with Gasteiger partial charge in [-0.2, -0.15) is 0 Å². The molecule has 0 unspecified atom stereocenters. The molecule has 21 heavy (non-hydrogen) atoms. The Hall–Kier alpha value is -0.690.